The summed E-state index contributed by atoms with van der Waals surface area (Å²) >= 11 is 0. The minimum Gasteiger partial charge on any atom is -0.356 e. The molecule has 1 saturated heterocycles. The van der Waals surface area contributed by atoms with E-state index < -0.39 is 23.9 Å². The van der Waals surface area contributed by atoms with E-state index in [9.17, 15) is 19.2 Å². The van der Waals surface area contributed by atoms with Crippen LogP contribution in [0.25, 0.3) is 0 Å². The number of nitrogens with zero attached hydrogens (tertiary/aromatic N) is 2. The lowest BCUT2D eigenvalue weighted by Crippen LogP contribution is -2.51. The predicted octanol–water partition coefficient (Wildman–Crippen LogP) is -0.0289. The van der Waals surface area contributed by atoms with E-state index in [1.54, 1.807) is 13.2 Å². The molecular weight excluding hydrogens is 386 g/mol. The molecule has 1 aliphatic heterocycles. The van der Waals surface area contributed by atoms with E-state index in [0.717, 1.165) is 5.56 Å². The summed E-state index contributed by atoms with van der Waals surface area (Å²) in [6, 6.07) is 7.58. The first-order valence-electron chi connectivity index (χ1n) is 9.83. The van der Waals surface area contributed by atoms with Gasteiger partial charge in [0.25, 0.3) is 5.91 Å². The van der Waals surface area contributed by atoms with Crippen molar-refractivity contribution in [1.82, 2.24) is 25.7 Å². The Bertz CT molecular complexity index is 911. The molecule has 0 unspecified atom stereocenters. The average molecular weight is 411 g/mol. The van der Waals surface area contributed by atoms with Crippen LogP contribution in [0.3, 0.4) is 0 Å². The molecule has 30 heavy (non-hydrogen) atoms. The highest BCUT2D eigenvalue weighted by molar-refractivity contribution is 5.97. The molecule has 0 aliphatic carbocycles. The zero-order chi connectivity index (χ0) is 21.5. The van der Waals surface area contributed by atoms with Crippen LogP contribution in [0.2, 0.25) is 0 Å². The van der Waals surface area contributed by atoms with Crippen LogP contribution in [0.4, 0.5) is 0 Å². The van der Waals surface area contributed by atoms with Crippen molar-refractivity contribution in [3.63, 3.8) is 0 Å². The number of aryl methyl sites for hydroxylation is 1. The number of benzene rings is 1. The van der Waals surface area contributed by atoms with Gasteiger partial charge in [-0.2, -0.15) is 5.10 Å². The molecule has 2 heterocycles. The maximum atomic E-state index is 12.9. The summed E-state index contributed by atoms with van der Waals surface area (Å²) in [7, 11) is 1.69. The number of aromatic nitrogens is 2. The summed E-state index contributed by atoms with van der Waals surface area (Å²) in [5.41, 5.74) is 1.19. The Morgan fingerprint density at radius 1 is 1.30 bits per heavy atom. The molecule has 0 saturated carbocycles. The molecule has 3 N–H and O–H groups in total. The lowest BCUT2D eigenvalue weighted by atomic mass is 9.98. The third kappa shape index (κ3) is 5.53. The van der Waals surface area contributed by atoms with Gasteiger partial charge in [-0.25, -0.2) is 0 Å². The quantitative estimate of drug-likeness (QED) is 0.500. The number of carbonyl (C=O) groups is 4. The van der Waals surface area contributed by atoms with Crippen molar-refractivity contribution < 1.29 is 19.2 Å². The number of carbonyl (C=O) groups excluding carboxylic acids is 4. The van der Waals surface area contributed by atoms with Gasteiger partial charge in [0.15, 0.2) is 0 Å². The maximum absolute atomic E-state index is 12.9. The van der Waals surface area contributed by atoms with Crippen molar-refractivity contribution >= 4 is 24.0 Å². The van der Waals surface area contributed by atoms with Crippen LogP contribution in [0.5, 0.6) is 0 Å². The van der Waals surface area contributed by atoms with Gasteiger partial charge in [-0.3, -0.25) is 19.1 Å². The maximum Gasteiger partial charge on any atom is 0.255 e. The van der Waals surface area contributed by atoms with Crippen LogP contribution < -0.4 is 16.0 Å². The van der Waals surface area contributed by atoms with E-state index in [1.165, 1.54) is 10.9 Å². The van der Waals surface area contributed by atoms with Crippen LogP contribution in [0, 0.1) is 5.92 Å². The van der Waals surface area contributed by atoms with Crippen molar-refractivity contribution in [2.75, 3.05) is 6.54 Å². The molecule has 0 radical (unpaired) electrons. The highest BCUT2D eigenvalue weighted by Gasteiger charge is 2.30. The van der Waals surface area contributed by atoms with Crippen molar-refractivity contribution in [1.29, 1.82) is 0 Å². The summed E-state index contributed by atoms with van der Waals surface area (Å²) < 4.78 is 1.50. The molecule has 2 aromatic rings. The summed E-state index contributed by atoms with van der Waals surface area (Å²) in [4.78, 5) is 48.8. The predicted molar refractivity (Wildman–Crippen MR) is 108 cm³/mol. The molecule has 0 bridgehead atoms. The topological polar surface area (TPSA) is 122 Å². The van der Waals surface area contributed by atoms with Crippen LogP contribution in [-0.2, 0) is 27.9 Å². The first-order chi connectivity index (χ1) is 14.5. The summed E-state index contributed by atoms with van der Waals surface area (Å²) in [6.45, 7) is 0.570. The third-order valence-corrected chi connectivity index (χ3v) is 5.06. The Labute approximate surface area is 174 Å². The molecule has 1 aromatic carbocycles. The summed E-state index contributed by atoms with van der Waals surface area (Å²) in [5.74, 6) is -1.33. The fraction of sp³-hybridized carbons (Fsp3) is 0.381. The zero-order valence-corrected chi connectivity index (χ0v) is 16.7. The second-order valence-corrected chi connectivity index (χ2v) is 7.38. The van der Waals surface area contributed by atoms with Gasteiger partial charge in [-0.15, -0.1) is 0 Å². The van der Waals surface area contributed by atoms with E-state index in [0.29, 0.717) is 24.8 Å². The lowest BCUT2D eigenvalue weighted by molar-refractivity contribution is -0.127. The van der Waals surface area contributed by atoms with Crippen LogP contribution >= 0.6 is 0 Å². The Morgan fingerprint density at radius 3 is 2.67 bits per heavy atom. The fourth-order valence-electron chi connectivity index (χ4n) is 3.45. The van der Waals surface area contributed by atoms with Gasteiger partial charge in [0.05, 0.1) is 17.8 Å². The molecule has 158 valence electrons. The van der Waals surface area contributed by atoms with Crippen LogP contribution in [-0.4, -0.2) is 52.4 Å². The van der Waals surface area contributed by atoms with Gasteiger partial charge in [0.2, 0.25) is 11.8 Å². The van der Waals surface area contributed by atoms with Crippen molar-refractivity contribution in [3.05, 3.63) is 53.9 Å². The van der Waals surface area contributed by atoms with Crippen molar-refractivity contribution in [3.8, 4) is 0 Å². The highest BCUT2D eigenvalue weighted by atomic mass is 16.2. The third-order valence-electron chi connectivity index (χ3n) is 5.06. The van der Waals surface area contributed by atoms with E-state index in [4.69, 9.17) is 0 Å². The standard InChI is InChI=1S/C21H25N5O4/c1-26-12-16(11-23-26)20(29)25-18(9-14-5-3-2-4-6-14)21(30)24-17(13-27)10-15-7-8-22-19(15)28/h2-6,11-13,15,17-18H,7-10H2,1H3,(H,22,28)(H,24,30)(H,25,29)/t15-,17-,18-/m0/s1. The van der Waals surface area contributed by atoms with Gasteiger partial charge in [0.1, 0.15) is 12.3 Å². The molecule has 9 heteroatoms. The molecule has 1 aromatic heterocycles. The van der Waals surface area contributed by atoms with E-state index in [1.807, 2.05) is 30.3 Å². The fourth-order valence-corrected chi connectivity index (χ4v) is 3.45. The van der Waals surface area contributed by atoms with E-state index >= 15 is 0 Å². The van der Waals surface area contributed by atoms with E-state index in [2.05, 4.69) is 21.0 Å². The number of rotatable bonds is 9. The van der Waals surface area contributed by atoms with Gasteiger partial charge in [-0.1, -0.05) is 30.3 Å². The van der Waals surface area contributed by atoms with Crippen LogP contribution in [0.15, 0.2) is 42.7 Å². The molecular formula is C21H25N5O4. The zero-order valence-electron chi connectivity index (χ0n) is 16.7. The lowest BCUT2D eigenvalue weighted by Gasteiger charge is -2.22. The van der Waals surface area contributed by atoms with Crippen molar-refractivity contribution in [2.24, 2.45) is 13.0 Å². The Hall–Kier alpha value is -3.49. The minimum atomic E-state index is -0.889. The van der Waals surface area contributed by atoms with E-state index in [-0.39, 0.29) is 24.7 Å². The second-order valence-electron chi connectivity index (χ2n) is 7.38. The number of hydrogen-bond donors (Lipinski definition) is 3. The molecule has 1 aliphatic rings. The Balaban J connectivity index is 1.70. The first kappa shape index (κ1) is 21.2. The Kier molecular flexibility index (Phi) is 6.95. The molecule has 9 nitrogen and oxygen atoms in total. The number of amides is 3. The molecule has 3 rings (SSSR count). The molecule has 1 fully saturated rings. The van der Waals surface area contributed by atoms with Gasteiger partial charge in [-0.05, 0) is 18.4 Å². The molecule has 0 spiro atoms. The molecule has 3 atom stereocenters. The number of aldehydes is 1. The average Bonchev–Trinajstić information content (AvgIpc) is 3.35. The highest BCUT2D eigenvalue weighted by Crippen LogP contribution is 2.15. The SMILES string of the molecule is Cn1cc(C(=O)N[C@@H](Cc2ccccc2)C(=O)N[C@H](C=O)C[C@@H]2CCNC2=O)cn1. The van der Waals surface area contributed by atoms with Gasteiger partial charge in [0, 0.05) is 32.1 Å². The number of hydrogen-bond acceptors (Lipinski definition) is 5. The monoisotopic (exact) mass is 411 g/mol. The molecule has 3 amide bonds. The number of nitrogens with one attached hydrogen (secondary N) is 3. The largest absolute Gasteiger partial charge is 0.356 e. The van der Waals surface area contributed by atoms with Crippen LogP contribution in [0.1, 0.15) is 28.8 Å². The second kappa shape index (κ2) is 9.82. The Morgan fingerprint density at radius 2 is 2.07 bits per heavy atom. The summed E-state index contributed by atoms with van der Waals surface area (Å²) in [6.07, 6.45) is 4.72. The smallest absolute Gasteiger partial charge is 0.255 e. The van der Waals surface area contributed by atoms with Gasteiger partial charge < -0.3 is 20.7 Å². The minimum absolute atomic E-state index is 0.109. The van der Waals surface area contributed by atoms with Gasteiger partial charge >= 0.3 is 0 Å². The normalized spacial score (nSPS) is 17.6. The van der Waals surface area contributed by atoms with Crippen molar-refractivity contribution in [2.45, 2.75) is 31.3 Å². The summed E-state index contributed by atoms with van der Waals surface area (Å²) in [5, 5.41) is 12.1. The first-order valence-corrected chi connectivity index (χ1v) is 9.83.